The van der Waals surface area contributed by atoms with E-state index in [4.69, 9.17) is 4.74 Å². The van der Waals surface area contributed by atoms with Crippen LogP contribution in [-0.4, -0.2) is 46.0 Å². The number of aromatic nitrogens is 3. The van der Waals surface area contributed by atoms with Gasteiger partial charge in [0.05, 0.1) is 5.60 Å². The Balaban J connectivity index is 1.96. The fraction of sp³-hybridized carbons (Fsp3) is 0.846. The molecule has 108 valence electrons. The minimum Gasteiger partial charge on any atom is -0.368 e. The van der Waals surface area contributed by atoms with E-state index in [0.29, 0.717) is 18.7 Å². The van der Waals surface area contributed by atoms with E-state index in [0.717, 1.165) is 24.9 Å². The van der Waals surface area contributed by atoms with Crippen molar-refractivity contribution in [3.8, 4) is 0 Å². The van der Waals surface area contributed by atoms with Crippen molar-refractivity contribution in [2.75, 3.05) is 18.0 Å². The van der Waals surface area contributed by atoms with E-state index in [1.165, 1.54) is 0 Å². The van der Waals surface area contributed by atoms with Gasteiger partial charge in [-0.2, -0.15) is 4.98 Å². The largest absolute Gasteiger partial charge is 0.368 e. The number of piperazine rings is 1. The smallest absolute Gasteiger partial charge is 0.244 e. The number of anilines is 1. The van der Waals surface area contributed by atoms with Crippen molar-refractivity contribution in [1.29, 1.82) is 0 Å². The van der Waals surface area contributed by atoms with E-state index in [2.05, 4.69) is 39.2 Å². The summed E-state index contributed by atoms with van der Waals surface area (Å²) in [5.41, 5.74) is -0.162. The number of hydrogen-bond acceptors (Lipinski definition) is 5. The lowest BCUT2D eigenvalue weighted by Gasteiger charge is -2.35. The lowest BCUT2D eigenvalue weighted by atomic mass is 10.1. The van der Waals surface area contributed by atoms with Gasteiger partial charge in [-0.05, 0) is 34.6 Å². The predicted octanol–water partition coefficient (Wildman–Crippen LogP) is 1.31. The van der Waals surface area contributed by atoms with Gasteiger partial charge in [0.25, 0.3) is 0 Å². The lowest BCUT2D eigenvalue weighted by molar-refractivity contribution is -0.0179. The average Bonchev–Trinajstić information content (AvgIpc) is 2.72. The maximum absolute atomic E-state index is 5.69. The zero-order valence-electron chi connectivity index (χ0n) is 12.5. The third-order valence-corrected chi connectivity index (χ3v) is 3.00. The van der Waals surface area contributed by atoms with E-state index < -0.39 is 0 Å². The molecule has 6 heteroatoms. The summed E-state index contributed by atoms with van der Waals surface area (Å²) in [6.07, 6.45) is 0. The first-order valence-electron chi connectivity index (χ1n) is 6.90. The SMILES string of the molecule is CC1CN(c2n[nH]c(COC(C)(C)C)n2)CC(C)N1. The van der Waals surface area contributed by atoms with Gasteiger partial charge in [0.2, 0.25) is 5.95 Å². The van der Waals surface area contributed by atoms with E-state index >= 15 is 0 Å². The third-order valence-electron chi connectivity index (χ3n) is 3.00. The number of nitrogens with one attached hydrogen (secondary N) is 2. The van der Waals surface area contributed by atoms with Gasteiger partial charge in [-0.1, -0.05) is 0 Å². The summed E-state index contributed by atoms with van der Waals surface area (Å²) >= 11 is 0. The molecule has 0 aliphatic carbocycles. The number of rotatable bonds is 3. The standard InChI is InChI=1S/C13H25N5O/c1-9-6-18(7-10(2)14-9)12-15-11(16-17-12)8-19-13(3,4)5/h9-10,14H,6-8H2,1-5H3,(H,15,16,17). The minimum absolute atomic E-state index is 0.162. The van der Waals surface area contributed by atoms with Crippen molar-refractivity contribution in [1.82, 2.24) is 20.5 Å². The van der Waals surface area contributed by atoms with Crippen LogP contribution >= 0.6 is 0 Å². The molecule has 1 saturated heterocycles. The molecule has 0 aromatic carbocycles. The van der Waals surface area contributed by atoms with Crippen LogP contribution in [0.25, 0.3) is 0 Å². The van der Waals surface area contributed by atoms with Gasteiger partial charge in [-0.15, -0.1) is 5.10 Å². The molecule has 0 amide bonds. The molecule has 0 radical (unpaired) electrons. The molecule has 0 spiro atoms. The van der Waals surface area contributed by atoms with Gasteiger partial charge in [0.15, 0.2) is 5.82 Å². The van der Waals surface area contributed by atoms with Crippen LogP contribution in [0, 0.1) is 0 Å². The molecule has 2 N–H and O–H groups in total. The van der Waals surface area contributed by atoms with Crippen LogP contribution in [0.4, 0.5) is 5.95 Å². The number of ether oxygens (including phenoxy) is 1. The first kappa shape index (κ1) is 14.3. The molecule has 6 nitrogen and oxygen atoms in total. The van der Waals surface area contributed by atoms with Crippen molar-refractivity contribution in [3.63, 3.8) is 0 Å². The van der Waals surface area contributed by atoms with E-state index in [9.17, 15) is 0 Å². The van der Waals surface area contributed by atoms with Gasteiger partial charge in [0, 0.05) is 25.2 Å². The number of hydrogen-bond donors (Lipinski definition) is 2. The van der Waals surface area contributed by atoms with Crippen LogP contribution in [0.5, 0.6) is 0 Å². The van der Waals surface area contributed by atoms with E-state index in [-0.39, 0.29) is 5.60 Å². The second kappa shape index (κ2) is 5.46. The molecule has 2 atom stereocenters. The molecule has 2 heterocycles. The van der Waals surface area contributed by atoms with Crippen LogP contribution in [0.3, 0.4) is 0 Å². The fourth-order valence-electron chi connectivity index (χ4n) is 2.27. The quantitative estimate of drug-likeness (QED) is 0.864. The normalized spacial score (nSPS) is 24.8. The van der Waals surface area contributed by atoms with Crippen molar-refractivity contribution in [2.45, 2.75) is 58.9 Å². The van der Waals surface area contributed by atoms with Gasteiger partial charge in [-0.25, -0.2) is 0 Å². The molecular formula is C13H25N5O. The summed E-state index contributed by atoms with van der Waals surface area (Å²) in [5, 5.41) is 10.7. The van der Waals surface area contributed by atoms with Gasteiger partial charge in [-0.3, -0.25) is 5.10 Å². The molecule has 2 unspecified atom stereocenters. The van der Waals surface area contributed by atoms with Gasteiger partial charge >= 0.3 is 0 Å². The fourth-order valence-corrected chi connectivity index (χ4v) is 2.27. The summed E-state index contributed by atoms with van der Waals surface area (Å²) in [5.74, 6) is 1.55. The highest BCUT2D eigenvalue weighted by molar-refractivity contribution is 5.30. The van der Waals surface area contributed by atoms with E-state index in [1.807, 2.05) is 20.8 Å². The highest BCUT2D eigenvalue weighted by Crippen LogP contribution is 2.14. The molecule has 1 aliphatic heterocycles. The first-order chi connectivity index (χ1) is 8.83. The number of H-pyrrole nitrogens is 1. The van der Waals surface area contributed by atoms with Gasteiger partial charge in [0.1, 0.15) is 6.61 Å². The monoisotopic (exact) mass is 267 g/mol. The Bertz CT molecular complexity index is 401. The maximum atomic E-state index is 5.69. The van der Waals surface area contributed by atoms with Crippen LogP contribution < -0.4 is 10.2 Å². The molecule has 1 aliphatic rings. The Kier molecular flexibility index (Phi) is 4.10. The summed E-state index contributed by atoms with van der Waals surface area (Å²) in [6.45, 7) is 12.8. The van der Waals surface area contributed by atoms with Gasteiger partial charge < -0.3 is 15.0 Å². The molecule has 0 saturated carbocycles. The number of aromatic amines is 1. The topological polar surface area (TPSA) is 66.1 Å². The Hall–Kier alpha value is -1.14. The van der Waals surface area contributed by atoms with Crippen LogP contribution in [0.1, 0.15) is 40.4 Å². The molecule has 1 fully saturated rings. The van der Waals surface area contributed by atoms with Crippen molar-refractivity contribution >= 4 is 5.95 Å². The van der Waals surface area contributed by atoms with E-state index in [1.54, 1.807) is 0 Å². The number of nitrogens with zero attached hydrogens (tertiary/aromatic N) is 3. The Morgan fingerprint density at radius 1 is 1.26 bits per heavy atom. The van der Waals surface area contributed by atoms with Crippen LogP contribution in [-0.2, 0) is 11.3 Å². The molecule has 1 aromatic rings. The summed E-state index contributed by atoms with van der Waals surface area (Å²) < 4.78 is 5.69. The van der Waals surface area contributed by atoms with Crippen molar-refractivity contribution in [2.24, 2.45) is 0 Å². The third kappa shape index (κ3) is 4.18. The van der Waals surface area contributed by atoms with Crippen LogP contribution in [0.15, 0.2) is 0 Å². The summed E-state index contributed by atoms with van der Waals surface area (Å²) in [4.78, 5) is 6.72. The second-order valence-electron chi connectivity index (χ2n) is 6.36. The molecular weight excluding hydrogens is 242 g/mol. The molecule has 2 rings (SSSR count). The van der Waals surface area contributed by atoms with Crippen molar-refractivity contribution in [3.05, 3.63) is 5.82 Å². The maximum Gasteiger partial charge on any atom is 0.244 e. The second-order valence-corrected chi connectivity index (χ2v) is 6.36. The first-order valence-corrected chi connectivity index (χ1v) is 6.90. The Morgan fingerprint density at radius 3 is 2.47 bits per heavy atom. The molecule has 19 heavy (non-hydrogen) atoms. The molecule has 0 bridgehead atoms. The Morgan fingerprint density at radius 2 is 1.89 bits per heavy atom. The highest BCUT2D eigenvalue weighted by Gasteiger charge is 2.23. The lowest BCUT2D eigenvalue weighted by Crippen LogP contribution is -2.54. The van der Waals surface area contributed by atoms with Crippen LogP contribution in [0.2, 0.25) is 0 Å². The minimum atomic E-state index is -0.162. The highest BCUT2D eigenvalue weighted by atomic mass is 16.5. The zero-order chi connectivity index (χ0) is 14.0. The zero-order valence-corrected chi connectivity index (χ0v) is 12.5. The van der Waals surface area contributed by atoms with Crippen molar-refractivity contribution < 1.29 is 4.74 Å². The summed E-state index contributed by atoms with van der Waals surface area (Å²) in [6, 6.07) is 0.910. The average molecular weight is 267 g/mol. The summed E-state index contributed by atoms with van der Waals surface area (Å²) in [7, 11) is 0. The predicted molar refractivity (Wildman–Crippen MR) is 75.2 cm³/mol. The molecule has 1 aromatic heterocycles. The Labute approximate surface area is 114 Å².